The van der Waals surface area contributed by atoms with Gasteiger partial charge in [0.2, 0.25) is 5.69 Å². The Bertz CT molecular complexity index is 990. The van der Waals surface area contributed by atoms with Crippen LogP contribution in [0.3, 0.4) is 0 Å². The van der Waals surface area contributed by atoms with Crippen molar-refractivity contribution in [1.82, 2.24) is 15.0 Å². The van der Waals surface area contributed by atoms with E-state index in [-0.39, 0.29) is 43.4 Å². The third kappa shape index (κ3) is 6.91. The van der Waals surface area contributed by atoms with Crippen LogP contribution in [0.2, 0.25) is 0 Å². The Labute approximate surface area is 223 Å². The van der Waals surface area contributed by atoms with Crippen LogP contribution in [0.5, 0.6) is 0 Å². The SMILES string of the molecule is CCOC(=O)C#Cc1c(C(=O)OCC)nnn1[C@@H]1O[C@H](CO)[C@@H](OC2CCCCC2)[C@H]1OC1CCCCC1. The van der Waals surface area contributed by atoms with Crippen LogP contribution in [0.25, 0.3) is 0 Å². The van der Waals surface area contributed by atoms with Crippen molar-refractivity contribution >= 4 is 11.9 Å². The molecule has 2 heterocycles. The van der Waals surface area contributed by atoms with Gasteiger partial charge in [-0.3, -0.25) is 0 Å². The molecule has 0 bridgehead atoms. The molecule has 1 N–H and O–H groups in total. The van der Waals surface area contributed by atoms with Crippen molar-refractivity contribution in [1.29, 1.82) is 0 Å². The van der Waals surface area contributed by atoms with E-state index in [0.717, 1.165) is 51.4 Å². The van der Waals surface area contributed by atoms with Crippen molar-refractivity contribution < 1.29 is 38.4 Å². The minimum absolute atomic E-state index is 0.0110. The second-order valence-corrected chi connectivity index (χ2v) is 9.89. The molecule has 0 radical (unpaired) electrons. The number of carbonyl (C=O) groups is 2. The summed E-state index contributed by atoms with van der Waals surface area (Å²) in [5.74, 6) is 3.61. The molecule has 1 aromatic heterocycles. The minimum atomic E-state index is -0.884. The van der Waals surface area contributed by atoms with Crippen LogP contribution < -0.4 is 0 Å². The highest BCUT2D eigenvalue weighted by Gasteiger charge is 2.50. The predicted molar refractivity (Wildman–Crippen MR) is 134 cm³/mol. The molecule has 11 nitrogen and oxygen atoms in total. The highest BCUT2D eigenvalue weighted by atomic mass is 16.6. The van der Waals surface area contributed by atoms with Gasteiger partial charge in [0, 0.05) is 5.92 Å². The number of carbonyl (C=O) groups excluding carboxylic acids is 2. The zero-order chi connectivity index (χ0) is 26.9. The largest absolute Gasteiger partial charge is 0.461 e. The average molecular weight is 534 g/mol. The number of esters is 2. The van der Waals surface area contributed by atoms with Crippen molar-refractivity contribution in [3.8, 4) is 11.8 Å². The number of hydrogen-bond donors (Lipinski definition) is 1. The molecular formula is C27H39N3O8. The zero-order valence-electron chi connectivity index (χ0n) is 22.3. The number of ether oxygens (including phenoxy) is 5. The number of aliphatic hydroxyl groups excluding tert-OH is 1. The van der Waals surface area contributed by atoms with Crippen molar-refractivity contribution in [2.24, 2.45) is 0 Å². The maximum absolute atomic E-state index is 12.7. The smallest absolute Gasteiger partial charge is 0.384 e. The molecule has 0 aromatic carbocycles. The van der Waals surface area contributed by atoms with Crippen LogP contribution >= 0.6 is 0 Å². The Morgan fingerprint density at radius 3 is 2.13 bits per heavy atom. The lowest BCUT2D eigenvalue weighted by Gasteiger charge is -2.33. The van der Waals surface area contributed by atoms with E-state index >= 15 is 0 Å². The Hall–Kier alpha value is -2.52. The molecule has 1 saturated heterocycles. The Morgan fingerprint density at radius 1 is 0.947 bits per heavy atom. The molecule has 0 spiro atoms. The number of aromatic nitrogens is 3. The number of hydrogen-bond acceptors (Lipinski definition) is 10. The van der Waals surface area contributed by atoms with Crippen LogP contribution in [0.1, 0.15) is 100 Å². The second-order valence-electron chi connectivity index (χ2n) is 9.89. The maximum atomic E-state index is 12.7. The first kappa shape index (κ1) is 28.5. The fraction of sp³-hybridized carbons (Fsp3) is 0.778. The Morgan fingerprint density at radius 2 is 1.55 bits per heavy atom. The fourth-order valence-electron chi connectivity index (χ4n) is 5.41. The predicted octanol–water partition coefficient (Wildman–Crippen LogP) is 2.69. The Balaban J connectivity index is 1.69. The maximum Gasteiger partial charge on any atom is 0.384 e. The molecule has 2 saturated carbocycles. The molecule has 210 valence electrons. The molecule has 38 heavy (non-hydrogen) atoms. The van der Waals surface area contributed by atoms with Gasteiger partial charge in [-0.25, -0.2) is 14.3 Å². The zero-order valence-corrected chi connectivity index (χ0v) is 22.3. The summed E-state index contributed by atoms with van der Waals surface area (Å²) >= 11 is 0. The van der Waals surface area contributed by atoms with Crippen molar-refractivity contribution in [2.45, 2.75) is 115 Å². The molecule has 4 rings (SSSR count). The van der Waals surface area contributed by atoms with Gasteiger partial charge in [0.15, 0.2) is 6.23 Å². The van der Waals surface area contributed by atoms with Gasteiger partial charge in [0.25, 0.3) is 0 Å². The van der Waals surface area contributed by atoms with Crippen LogP contribution in [0.15, 0.2) is 0 Å². The summed E-state index contributed by atoms with van der Waals surface area (Å²) in [6.07, 6.45) is 7.78. The molecule has 11 heteroatoms. The van der Waals surface area contributed by atoms with E-state index in [1.807, 2.05) is 0 Å². The van der Waals surface area contributed by atoms with Gasteiger partial charge in [-0.2, -0.15) is 0 Å². The molecular weight excluding hydrogens is 494 g/mol. The quantitative estimate of drug-likeness (QED) is 0.373. The number of aliphatic hydroxyl groups is 1. The van der Waals surface area contributed by atoms with Crippen molar-refractivity contribution in [3.05, 3.63) is 11.4 Å². The Kier molecular flexibility index (Phi) is 10.5. The highest BCUT2D eigenvalue weighted by molar-refractivity contribution is 5.92. The lowest BCUT2D eigenvalue weighted by Crippen LogP contribution is -2.43. The summed E-state index contributed by atoms with van der Waals surface area (Å²) in [6, 6.07) is 0. The average Bonchev–Trinajstić information content (AvgIpc) is 3.50. The summed E-state index contributed by atoms with van der Waals surface area (Å²) < 4.78 is 30.9. The minimum Gasteiger partial charge on any atom is -0.461 e. The number of nitrogens with zero attached hydrogens (tertiary/aromatic N) is 3. The summed E-state index contributed by atoms with van der Waals surface area (Å²) in [4.78, 5) is 24.7. The molecule has 0 amide bonds. The molecule has 4 atom stereocenters. The molecule has 3 fully saturated rings. The van der Waals surface area contributed by atoms with E-state index in [1.54, 1.807) is 13.8 Å². The fourth-order valence-corrected chi connectivity index (χ4v) is 5.41. The van der Waals surface area contributed by atoms with Gasteiger partial charge in [0.1, 0.15) is 24.0 Å². The van der Waals surface area contributed by atoms with Gasteiger partial charge in [0.05, 0.1) is 32.0 Å². The first-order valence-electron chi connectivity index (χ1n) is 13.9. The first-order chi connectivity index (χ1) is 18.5. The van der Waals surface area contributed by atoms with Gasteiger partial charge < -0.3 is 28.8 Å². The molecule has 3 aliphatic rings. The third-order valence-electron chi connectivity index (χ3n) is 7.23. The topological polar surface area (TPSA) is 131 Å². The first-order valence-corrected chi connectivity index (χ1v) is 13.9. The van der Waals surface area contributed by atoms with Crippen molar-refractivity contribution in [2.75, 3.05) is 19.8 Å². The molecule has 0 unspecified atom stereocenters. The van der Waals surface area contributed by atoms with Crippen LogP contribution in [0, 0.1) is 11.8 Å². The van der Waals surface area contributed by atoms with E-state index in [1.165, 1.54) is 17.5 Å². The van der Waals surface area contributed by atoms with Crippen LogP contribution in [-0.2, 0) is 28.5 Å². The molecule has 1 aromatic rings. The van der Waals surface area contributed by atoms with E-state index in [2.05, 4.69) is 22.2 Å². The van der Waals surface area contributed by atoms with Gasteiger partial charge in [-0.15, -0.1) is 5.10 Å². The van der Waals surface area contributed by atoms with Gasteiger partial charge >= 0.3 is 11.9 Å². The van der Waals surface area contributed by atoms with Crippen LogP contribution in [-0.4, -0.2) is 82.4 Å². The lowest BCUT2D eigenvalue weighted by atomic mass is 9.96. The van der Waals surface area contributed by atoms with E-state index in [9.17, 15) is 14.7 Å². The number of rotatable bonds is 9. The van der Waals surface area contributed by atoms with Gasteiger partial charge in [-0.1, -0.05) is 43.7 Å². The monoisotopic (exact) mass is 533 g/mol. The van der Waals surface area contributed by atoms with Crippen molar-refractivity contribution in [3.63, 3.8) is 0 Å². The summed E-state index contributed by atoms with van der Waals surface area (Å²) in [5, 5.41) is 18.5. The summed E-state index contributed by atoms with van der Waals surface area (Å²) in [6.45, 7) is 3.38. The normalized spacial score (nSPS) is 26.5. The summed E-state index contributed by atoms with van der Waals surface area (Å²) in [7, 11) is 0. The van der Waals surface area contributed by atoms with Crippen LogP contribution in [0.4, 0.5) is 0 Å². The van der Waals surface area contributed by atoms with E-state index in [0.29, 0.717) is 0 Å². The third-order valence-corrected chi connectivity index (χ3v) is 7.23. The molecule has 1 aliphatic heterocycles. The molecule has 2 aliphatic carbocycles. The van der Waals surface area contributed by atoms with E-state index in [4.69, 9.17) is 23.7 Å². The second kappa shape index (κ2) is 14.0. The van der Waals surface area contributed by atoms with Gasteiger partial charge in [-0.05, 0) is 45.5 Å². The van der Waals surface area contributed by atoms with E-state index < -0.39 is 36.5 Å². The lowest BCUT2D eigenvalue weighted by molar-refractivity contribution is -0.138. The summed E-state index contributed by atoms with van der Waals surface area (Å²) in [5.41, 5.74) is -0.0883. The highest BCUT2D eigenvalue weighted by Crippen LogP contribution is 2.38. The standard InChI is InChI=1S/C27H39N3O8/c1-3-34-22(32)16-15-20-23(27(33)35-4-2)28-29-30(20)26-25(37-19-13-9-6-10-14-19)24(21(17-31)38-26)36-18-11-7-5-8-12-18/h18-19,21,24-26,31H,3-14,17H2,1-2H3/t21-,24-,25-,26-/m1/s1.